The minimum Gasteiger partial charge on any atom is -0.277 e. The first kappa shape index (κ1) is 18.3. The third-order valence-corrected chi connectivity index (χ3v) is 6.96. The molecule has 136 valence electrons. The molecule has 0 aromatic heterocycles. The Hall–Kier alpha value is -2.47. The quantitative estimate of drug-likeness (QED) is 0.775. The molecule has 0 aliphatic carbocycles. The first-order chi connectivity index (χ1) is 12.3. The van der Waals surface area contributed by atoms with Crippen LogP contribution in [-0.4, -0.2) is 30.4 Å². The van der Waals surface area contributed by atoms with Crippen molar-refractivity contribution >= 4 is 21.7 Å². The van der Waals surface area contributed by atoms with E-state index in [1.165, 1.54) is 12.1 Å². The minimum atomic E-state index is -3.87. The summed E-state index contributed by atoms with van der Waals surface area (Å²) in [4.78, 5) is 26.5. The normalized spacial score (nSPS) is 21.1. The van der Waals surface area contributed by atoms with E-state index in [4.69, 9.17) is 0 Å². The molecule has 1 aliphatic rings. The van der Waals surface area contributed by atoms with Gasteiger partial charge in [-0.25, -0.2) is 8.42 Å². The number of carbonyl (C=O) groups is 2. The van der Waals surface area contributed by atoms with Crippen molar-refractivity contribution in [1.82, 2.24) is 4.90 Å². The number of nitrogens with zero attached hydrogens (tertiary/aromatic N) is 1. The van der Waals surface area contributed by atoms with E-state index in [-0.39, 0.29) is 23.8 Å². The van der Waals surface area contributed by atoms with Gasteiger partial charge in [0.2, 0.25) is 11.8 Å². The predicted octanol–water partition coefficient (Wildman–Crippen LogP) is 2.73. The zero-order valence-corrected chi connectivity index (χ0v) is 15.6. The van der Waals surface area contributed by atoms with Crippen LogP contribution in [0.3, 0.4) is 0 Å². The first-order valence-electron chi connectivity index (χ1n) is 8.49. The molecule has 6 heteroatoms. The molecule has 2 aromatic rings. The third kappa shape index (κ3) is 3.42. The molecule has 1 fully saturated rings. The van der Waals surface area contributed by atoms with Gasteiger partial charge in [0, 0.05) is 6.42 Å². The second-order valence-electron chi connectivity index (χ2n) is 6.76. The molecule has 0 radical (unpaired) electrons. The fourth-order valence-corrected chi connectivity index (χ4v) is 5.17. The molecule has 1 saturated heterocycles. The molecule has 0 saturated carbocycles. The van der Waals surface area contributed by atoms with E-state index in [2.05, 4.69) is 0 Å². The van der Waals surface area contributed by atoms with E-state index < -0.39 is 26.9 Å². The van der Waals surface area contributed by atoms with Gasteiger partial charge < -0.3 is 0 Å². The van der Waals surface area contributed by atoms with Crippen molar-refractivity contribution in [3.63, 3.8) is 0 Å². The summed E-state index contributed by atoms with van der Waals surface area (Å²) in [5.41, 5.74) is 1.73. The van der Waals surface area contributed by atoms with Gasteiger partial charge in [-0.3, -0.25) is 14.5 Å². The predicted molar refractivity (Wildman–Crippen MR) is 97.9 cm³/mol. The van der Waals surface area contributed by atoms with Crippen molar-refractivity contribution in [2.45, 2.75) is 37.0 Å². The van der Waals surface area contributed by atoms with Crippen LogP contribution in [0.1, 0.15) is 24.5 Å². The van der Waals surface area contributed by atoms with Crippen LogP contribution in [0.15, 0.2) is 59.5 Å². The molecule has 3 rings (SSSR count). The fraction of sp³-hybridized carbons (Fsp3) is 0.300. The number of rotatable bonds is 4. The van der Waals surface area contributed by atoms with Gasteiger partial charge in [0.15, 0.2) is 9.84 Å². The molecule has 1 heterocycles. The lowest BCUT2D eigenvalue weighted by Crippen LogP contribution is -2.53. The molecular formula is C20H21NO4S. The fourth-order valence-electron chi connectivity index (χ4n) is 3.26. The number of carbonyl (C=O) groups excluding carboxylic acids is 2. The number of hydrogen-bond donors (Lipinski definition) is 0. The van der Waals surface area contributed by atoms with Crippen LogP contribution in [0.4, 0.5) is 0 Å². The average molecular weight is 371 g/mol. The van der Waals surface area contributed by atoms with Gasteiger partial charge >= 0.3 is 0 Å². The van der Waals surface area contributed by atoms with E-state index in [1.54, 1.807) is 19.1 Å². The standard InChI is InChI=1S/C20H21NO4S/c1-14-8-10-17(11-9-14)26(24,25)19-15(2)12-18(22)21(20(19)23)13-16-6-4-3-5-7-16/h3-11,15,19H,12-13H2,1-2H3/t15-,19+/m0/s1. The Morgan fingerprint density at radius 2 is 1.62 bits per heavy atom. The lowest BCUT2D eigenvalue weighted by atomic mass is 9.96. The molecule has 26 heavy (non-hydrogen) atoms. The monoisotopic (exact) mass is 371 g/mol. The number of amides is 2. The van der Waals surface area contributed by atoms with Crippen LogP contribution in [-0.2, 0) is 26.0 Å². The van der Waals surface area contributed by atoms with Gasteiger partial charge in [0.1, 0.15) is 5.25 Å². The minimum absolute atomic E-state index is 0.0360. The van der Waals surface area contributed by atoms with E-state index in [0.717, 1.165) is 16.0 Å². The topological polar surface area (TPSA) is 71.5 Å². The molecule has 1 aliphatic heterocycles. The molecule has 5 nitrogen and oxygen atoms in total. The number of sulfone groups is 1. The number of aryl methyl sites for hydroxylation is 1. The van der Waals surface area contributed by atoms with Crippen molar-refractivity contribution in [3.8, 4) is 0 Å². The van der Waals surface area contributed by atoms with Crippen LogP contribution in [0.5, 0.6) is 0 Å². The van der Waals surface area contributed by atoms with Crippen LogP contribution >= 0.6 is 0 Å². The van der Waals surface area contributed by atoms with Gasteiger partial charge in [-0.15, -0.1) is 0 Å². The Morgan fingerprint density at radius 3 is 2.23 bits per heavy atom. The number of hydrogen-bond acceptors (Lipinski definition) is 4. The van der Waals surface area contributed by atoms with Crippen LogP contribution < -0.4 is 0 Å². The molecule has 0 N–H and O–H groups in total. The summed E-state index contributed by atoms with van der Waals surface area (Å²) in [6, 6.07) is 15.5. The zero-order valence-electron chi connectivity index (χ0n) is 14.8. The highest BCUT2D eigenvalue weighted by molar-refractivity contribution is 7.92. The van der Waals surface area contributed by atoms with E-state index in [0.29, 0.717) is 0 Å². The summed E-state index contributed by atoms with van der Waals surface area (Å²) in [6.45, 7) is 3.60. The van der Waals surface area contributed by atoms with Crippen molar-refractivity contribution in [2.75, 3.05) is 0 Å². The van der Waals surface area contributed by atoms with Crippen molar-refractivity contribution < 1.29 is 18.0 Å². The van der Waals surface area contributed by atoms with Crippen molar-refractivity contribution in [1.29, 1.82) is 0 Å². The zero-order chi connectivity index (χ0) is 18.9. The third-order valence-electron chi connectivity index (χ3n) is 4.69. The summed E-state index contributed by atoms with van der Waals surface area (Å²) in [7, 11) is -3.87. The summed E-state index contributed by atoms with van der Waals surface area (Å²) in [5, 5.41) is -1.24. The van der Waals surface area contributed by atoms with E-state index in [1.807, 2.05) is 37.3 Å². The number of benzene rings is 2. The average Bonchev–Trinajstić information content (AvgIpc) is 2.59. The first-order valence-corrected chi connectivity index (χ1v) is 10.0. The Morgan fingerprint density at radius 1 is 1.00 bits per heavy atom. The van der Waals surface area contributed by atoms with E-state index >= 15 is 0 Å². The molecule has 2 aromatic carbocycles. The molecule has 2 amide bonds. The maximum Gasteiger partial charge on any atom is 0.248 e. The molecule has 0 unspecified atom stereocenters. The van der Waals surface area contributed by atoms with Crippen LogP contribution in [0.2, 0.25) is 0 Å². The lowest BCUT2D eigenvalue weighted by Gasteiger charge is -2.34. The SMILES string of the molecule is Cc1ccc(S(=O)(=O)[C@H]2C(=O)N(Cc3ccccc3)C(=O)C[C@@H]2C)cc1. The van der Waals surface area contributed by atoms with Gasteiger partial charge in [-0.05, 0) is 30.5 Å². The van der Waals surface area contributed by atoms with Gasteiger partial charge in [0.25, 0.3) is 0 Å². The van der Waals surface area contributed by atoms with Crippen LogP contribution in [0.25, 0.3) is 0 Å². The number of imide groups is 1. The molecule has 0 bridgehead atoms. The Labute approximate surface area is 153 Å². The van der Waals surface area contributed by atoms with Gasteiger partial charge in [-0.2, -0.15) is 0 Å². The highest BCUT2D eigenvalue weighted by atomic mass is 32.2. The summed E-state index contributed by atoms with van der Waals surface area (Å²) in [6.07, 6.45) is 0.0360. The summed E-state index contributed by atoms with van der Waals surface area (Å²) >= 11 is 0. The number of likely N-dealkylation sites (tertiary alicyclic amines) is 1. The van der Waals surface area contributed by atoms with Crippen molar-refractivity contribution in [3.05, 3.63) is 65.7 Å². The molecule has 2 atom stereocenters. The number of piperidine rings is 1. The maximum atomic E-state index is 13.1. The Bertz CT molecular complexity index is 920. The lowest BCUT2D eigenvalue weighted by molar-refractivity contribution is -0.150. The Balaban J connectivity index is 1.94. The second kappa shape index (κ2) is 7.03. The molecular weight excluding hydrogens is 350 g/mol. The van der Waals surface area contributed by atoms with Gasteiger partial charge in [0.05, 0.1) is 11.4 Å². The van der Waals surface area contributed by atoms with E-state index in [9.17, 15) is 18.0 Å². The smallest absolute Gasteiger partial charge is 0.248 e. The maximum absolute atomic E-state index is 13.1. The van der Waals surface area contributed by atoms with Gasteiger partial charge in [-0.1, -0.05) is 55.0 Å². The highest BCUT2D eigenvalue weighted by Gasteiger charge is 2.47. The van der Waals surface area contributed by atoms with Crippen molar-refractivity contribution in [2.24, 2.45) is 5.92 Å². The van der Waals surface area contributed by atoms with Crippen LogP contribution in [0, 0.1) is 12.8 Å². The summed E-state index contributed by atoms with van der Waals surface area (Å²) in [5.74, 6) is -1.53. The largest absolute Gasteiger partial charge is 0.277 e. The Kier molecular flexibility index (Phi) is 4.96. The summed E-state index contributed by atoms with van der Waals surface area (Å²) < 4.78 is 26.1. The molecule has 0 spiro atoms. The highest BCUT2D eigenvalue weighted by Crippen LogP contribution is 2.30. The second-order valence-corrected chi connectivity index (χ2v) is 8.83.